The van der Waals surface area contributed by atoms with Crippen LogP contribution >= 0.6 is 0 Å². The zero-order chi connectivity index (χ0) is 25.2. The number of carboxylic acid groups (broad SMARTS) is 1. The molecule has 0 aromatic rings. The van der Waals surface area contributed by atoms with E-state index in [-0.39, 0.29) is 36.9 Å². The molecule has 35 heavy (non-hydrogen) atoms. The maximum absolute atomic E-state index is 13.7. The number of carboxylic acids is 1. The third-order valence-electron chi connectivity index (χ3n) is 7.56. The first-order valence-corrected chi connectivity index (χ1v) is 13.1. The molecule has 3 rings (SSSR count). The van der Waals surface area contributed by atoms with Crippen LogP contribution in [0.2, 0.25) is 0 Å². The number of hydrogen-bond donors (Lipinski definition) is 5. The molecular formula is C25H42N6O4. The number of guanidine groups is 1. The third kappa shape index (κ3) is 8.52. The molecule has 10 nitrogen and oxygen atoms in total. The van der Waals surface area contributed by atoms with Gasteiger partial charge in [0, 0.05) is 25.7 Å². The van der Waals surface area contributed by atoms with Crippen molar-refractivity contribution in [1.29, 1.82) is 5.41 Å². The average molecular weight is 491 g/mol. The lowest BCUT2D eigenvalue weighted by Crippen LogP contribution is -2.54. The van der Waals surface area contributed by atoms with Crippen molar-refractivity contribution >= 4 is 23.7 Å². The number of hydrogen-bond acceptors (Lipinski definition) is 5. The molecule has 2 fully saturated rings. The molecule has 3 aliphatic rings. The van der Waals surface area contributed by atoms with Gasteiger partial charge in [-0.25, -0.2) is 0 Å². The highest BCUT2D eigenvalue weighted by Gasteiger charge is 2.34. The van der Waals surface area contributed by atoms with Gasteiger partial charge in [0.1, 0.15) is 0 Å². The predicted molar refractivity (Wildman–Crippen MR) is 134 cm³/mol. The SMILES string of the molecule is N=C(N)N1CC=C(CCNC(=O)CN(C(=O)[C@@H](CC2CCCCC2)NCC(=O)O)C2CCCC2)C1. The van der Waals surface area contributed by atoms with E-state index in [4.69, 9.17) is 11.1 Å². The highest BCUT2D eigenvalue weighted by Crippen LogP contribution is 2.29. The molecule has 6 N–H and O–H groups in total. The Morgan fingerprint density at radius 1 is 1.14 bits per heavy atom. The van der Waals surface area contributed by atoms with Crippen LogP contribution in [0.4, 0.5) is 0 Å². The highest BCUT2D eigenvalue weighted by atomic mass is 16.4. The normalized spacial score (nSPS) is 19.9. The van der Waals surface area contributed by atoms with Gasteiger partial charge in [0.2, 0.25) is 11.8 Å². The molecule has 0 spiro atoms. The molecule has 1 aliphatic heterocycles. The number of nitrogens with zero attached hydrogens (tertiary/aromatic N) is 2. The van der Waals surface area contributed by atoms with Crippen LogP contribution < -0.4 is 16.4 Å². The number of carbonyl (C=O) groups excluding carboxylic acids is 2. The lowest BCUT2D eigenvalue weighted by molar-refractivity contribution is -0.141. The molecule has 0 bridgehead atoms. The summed E-state index contributed by atoms with van der Waals surface area (Å²) in [6.45, 7) is 1.43. The minimum atomic E-state index is -0.985. The maximum atomic E-state index is 13.7. The summed E-state index contributed by atoms with van der Waals surface area (Å²) < 4.78 is 0. The molecule has 0 saturated heterocycles. The molecule has 0 aromatic carbocycles. The van der Waals surface area contributed by atoms with Crippen molar-refractivity contribution in [3.8, 4) is 0 Å². The van der Waals surface area contributed by atoms with Crippen LogP contribution in [-0.2, 0) is 14.4 Å². The lowest BCUT2D eigenvalue weighted by Gasteiger charge is -2.34. The predicted octanol–water partition coefficient (Wildman–Crippen LogP) is 1.41. The zero-order valence-corrected chi connectivity index (χ0v) is 20.8. The summed E-state index contributed by atoms with van der Waals surface area (Å²) in [4.78, 5) is 41.2. The Morgan fingerprint density at radius 2 is 1.83 bits per heavy atom. The summed E-state index contributed by atoms with van der Waals surface area (Å²) >= 11 is 0. The Morgan fingerprint density at radius 3 is 2.46 bits per heavy atom. The van der Waals surface area contributed by atoms with Crippen LogP contribution in [0.25, 0.3) is 0 Å². The Labute approximate surface area is 208 Å². The minimum absolute atomic E-state index is 0.00195. The van der Waals surface area contributed by atoms with Crippen LogP contribution in [0, 0.1) is 11.3 Å². The van der Waals surface area contributed by atoms with Crippen LogP contribution in [0.5, 0.6) is 0 Å². The van der Waals surface area contributed by atoms with Crippen LogP contribution in [0.1, 0.15) is 70.6 Å². The van der Waals surface area contributed by atoms with E-state index in [2.05, 4.69) is 10.6 Å². The fraction of sp³-hybridized carbons (Fsp3) is 0.760. The van der Waals surface area contributed by atoms with E-state index in [0.717, 1.165) is 56.9 Å². The molecule has 196 valence electrons. The Bertz CT molecular complexity index is 789. The maximum Gasteiger partial charge on any atom is 0.317 e. The molecular weight excluding hydrogens is 448 g/mol. The highest BCUT2D eigenvalue weighted by molar-refractivity contribution is 5.88. The number of rotatable bonds is 12. The van der Waals surface area contributed by atoms with Crippen LogP contribution in [0.3, 0.4) is 0 Å². The van der Waals surface area contributed by atoms with Crippen molar-refractivity contribution < 1.29 is 19.5 Å². The van der Waals surface area contributed by atoms with Gasteiger partial charge in [-0.1, -0.05) is 56.6 Å². The van der Waals surface area contributed by atoms with Gasteiger partial charge in [-0.3, -0.25) is 25.1 Å². The monoisotopic (exact) mass is 490 g/mol. The average Bonchev–Trinajstić information content (AvgIpc) is 3.53. The van der Waals surface area contributed by atoms with Crippen molar-refractivity contribution in [2.24, 2.45) is 11.7 Å². The van der Waals surface area contributed by atoms with E-state index < -0.39 is 12.0 Å². The summed E-state index contributed by atoms with van der Waals surface area (Å²) in [6, 6.07) is -0.556. The first kappa shape index (κ1) is 27.0. The summed E-state index contributed by atoms with van der Waals surface area (Å²) in [6.07, 6.45) is 12.8. The zero-order valence-electron chi connectivity index (χ0n) is 20.8. The second-order valence-corrected chi connectivity index (χ2v) is 10.2. The number of nitrogens with two attached hydrogens (primary N) is 1. The van der Waals surface area contributed by atoms with Crippen molar-refractivity contribution in [3.63, 3.8) is 0 Å². The standard InChI is InChI=1S/C25H42N6O4/c26-25(27)30-13-11-19(16-30)10-12-28-22(32)17-31(20-8-4-5-9-20)24(35)21(29-15-23(33)34)14-18-6-2-1-3-7-18/h11,18,20-21,29H,1-10,12-17H2,(H3,26,27)(H,28,32)(H,33,34)/t21-/m1/s1. The minimum Gasteiger partial charge on any atom is -0.480 e. The van der Waals surface area contributed by atoms with Gasteiger partial charge in [0.05, 0.1) is 19.1 Å². The molecule has 0 aromatic heterocycles. The molecule has 0 unspecified atom stereocenters. The topological polar surface area (TPSA) is 152 Å². The molecule has 10 heteroatoms. The van der Waals surface area contributed by atoms with E-state index in [1.165, 1.54) is 6.42 Å². The Balaban J connectivity index is 1.57. The molecule has 1 atom stereocenters. The van der Waals surface area contributed by atoms with Crippen LogP contribution in [-0.4, -0.2) is 83.5 Å². The summed E-state index contributed by atoms with van der Waals surface area (Å²) in [5.74, 6) is -0.865. The van der Waals surface area contributed by atoms with Crippen molar-refractivity contribution in [1.82, 2.24) is 20.4 Å². The second-order valence-electron chi connectivity index (χ2n) is 10.2. The number of aliphatic carboxylic acids is 1. The number of nitrogens with one attached hydrogen (secondary N) is 3. The van der Waals surface area contributed by atoms with Gasteiger partial charge in [0.25, 0.3) is 0 Å². The van der Waals surface area contributed by atoms with Crippen molar-refractivity contribution in [2.45, 2.75) is 82.7 Å². The van der Waals surface area contributed by atoms with Crippen molar-refractivity contribution in [2.75, 3.05) is 32.7 Å². The van der Waals surface area contributed by atoms with E-state index in [1.807, 2.05) is 6.08 Å². The van der Waals surface area contributed by atoms with Gasteiger partial charge >= 0.3 is 5.97 Å². The Kier molecular flexibility index (Phi) is 10.4. The largest absolute Gasteiger partial charge is 0.480 e. The van der Waals surface area contributed by atoms with Gasteiger partial charge in [-0.05, 0) is 31.6 Å². The van der Waals surface area contributed by atoms with E-state index >= 15 is 0 Å². The lowest BCUT2D eigenvalue weighted by atomic mass is 9.84. The third-order valence-corrected chi connectivity index (χ3v) is 7.56. The second kappa shape index (κ2) is 13.5. The number of carbonyl (C=O) groups is 3. The van der Waals surface area contributed by atoms with Gasteiger partial charge < -0.3 is 26.0 Å². The summed E-state index contributed by atoms with van der Waals surface area (Å²) in [5.41, 5.74) is 6.67. The fourth-order valence-electron chi connectivity index (χ4n) is 5.59. The smallest absolute Gasteiger partial charge is 0.317 e. The van der Waals surface area contributed by atoms with Gasteiger partial charge in [-0.15, -0.1) is 0 Å². The van der Waals surface area contributed by atoms with Crippen molar-refractivity contribution in [3.05, 3.63) is 11.6 Å². The van der Waals surface area contributed by atoms with Gasteiger partial charge in [0.15, 0.2) is 5.96 Å². The van der Waals surface area contributed by atoms with E-state index in [1.54, 1.807) is 9.80 Å². The first-order chi connectivity index (χ1) is 16.8. The van der Waals surface area contributed by atoms with E-state index in [9.17, 15) is 19.5 Å². The molecule has 0 radical (unpaired) electrons. The van der Waals surface area contributed by atoms with Crippen LogP contribution in [0.15, 0.2) is 11.6 Å². The summed E-state index contributed by atoms with van der Waals surface area (Å²) in [7, 11) is 0. The Hall–Kier alpha value is -2.62. The molecule has 2 amide bonds. The molecule has 2 aliphatic carbocycles. The summed E-state index contributed by atoms with van der Waals surface area (Å²) in [5, 5.41) is 22.6. The molecule has 2 saturated carbocycles. The van der Waals surface area contributed by atoms with Gasteiger partial charge in [-0.2, -0.15) is 0 Å². The molecule has 1 heterocycles. The first-order valence-electron chi connectivity index (χ1n) is 13.1. The number of amides is 2. The quantitative estimate of drug-likeness (QED) is 0.158. The fourth-order valence-corrected chi connectivity index (χ4v) is 5.59. The van der Waals surface area contributed by atoms with E-state index in [0.29, 0.717) is 38.4 Å².